The first-order valence-corrected chi connectivity index (χ1v) is 6.45. The molecule has 0 aliphatic carbocycles. The van der Waals surface area contributed by atoms with Crippen molar-refractivity contribution >= 4 is 11.6 Å². The van der Waals surface area contributed by atoms with Crippen molar-refractivity contribution in [2.45, 2.75) is 0 Å². The zero-order valence-electron chi connectivity index (χ0n) is 11.4. The van der Waals surface area contributed by atoms with E-state index in [1.165, 1.54) is 0 Å². The van der Waals surface area contributed by atoms with E-state index < -0.39 is 0 Å². The van der Waals surface area contributed by atoms with Gasteiger partial charge >= 0.3 is 0 Å². The summed E-state index contributed by atoms with van der Waals surface area (Å²) < 4.78 is 5.36. The van der Waals surface area contributed by atoms with Crippen LogP contribution in [0.1, 0.15) is 5.56 Å². The van der Waals surface area contributed by atoms with E-state index in [0.29, 0.717) is 11.4 Å². The van der Waals surface area contributed by atoms with Gasteiger partial charge in [-0.25, -0.2) is 0 Å². The number of aliphatic hydroxyl groups excluding tert-OH is 1. The van der Waals surface area contributed by atoms with Crippen LogP contribution in [0.2, 0.25) is 0 Å². The van der Waals surface area contributed by atoms with Gasteiger partial charge in [0.05, 0.1) is 0 Å². The topological polar surface area (TPSA) is 58.6 Å². The van der Waals surface area contributed by atoms with Crippen molar-refractivity contribution in [1.82, 2.24) is 0 Å². The van der Waals surface area contributed by atoms with Crippen molar-refractivity contribution in [1.29, 1.82) is 0 Å². The first-order chi connectivity index (χ1) is 10.3. The molecular formula is C17H15NO3. The molecule has 0 aromatic heterocycles. The molecule has 0 saturated carbocycles. The number of anilines is 1. The Hall–Kier alpha value is -2.77. The highest BCUT2D eigenvalue weighted by Gasteiger charge is 2.03. The lowest BCUT2D eigenvalue weighted by Crippen LogP contribution is -2.20. The second-order valence-electron chi connectivity index (χ2n) is 4.19. The predicted molar refractivity (Wildman–Crippen MR) is 81.0 cm³/mol. The third-order valence-electron chi connectivity index (χ3n) is 2.57. The fraction of sp³-hybridized carbons (Fsp3) is 0.118. The number of hydrogen-bond acceptors (Lipinski definition) is 3. The van der Waals surface area contributed by atoms with Gasteiger partial charge in [-0.1, -0.05) is 36.1 Å². The fourth-order valence-corrected chi connectivity index (χ4v) is 1.68. The minimum atomic E-state index is -0.244. The molecule has 0 fully saturated rings. The standard InChI is InChI=1S/C17H15NO3/c19-11-5-7-14-6-4-8-15(12-14)18-17(20)13-21-16-9-2-1-3-10-16/h1-4,6,8-10,12,19H,11,13H2,(H,18,20). The van der Waals surface area contributed by atoms with E-state index in [2.05, 4.69) is 17.2 Å². The third-order valence-corrected chi connectivity index (χ3v) is 2.57. The summed E-state index contributed by atoms with van der Waals surface area (Å²) in [6.45, 7) is -0.252. The van der Waals surface area contributed by atoms with Crippen LogP contribution < -0.4 is 10.1 Å². The lowest BCUT2D eigenvalue weighted by Gasteiger charge is -2.07. The number of nitrogens with one attached hydrogen (secondary N) is 1. The molecule has 106 valence electrons. The van der Waals surface area contributed by atoms with Crippen molar-refractivity contribution in [2.24, 2.45) is 0 Å². The van der Waals surface area contributed by atoms with Crippen molar-refractivity contribution in [3.05, 3.63) is 60.2 Å². The molecule has 21 heavy (non-hydrogen) atoms. The van der Waals surface area contributed by atoms with Crippen LogP contribution in [-0.2, 0) is 4.79 Å². The van der Waals surface area contributed by atoms with Crippen LogP contribution in [0.25, 0.3) is 0 Å². The van der Waals surface area contributed by atoms with E-state index in [0.717, 1.165) is 5.56 Å². The second kappa shape index (κ2) is 7.73. The Labute approximate surface area is 123 Å². The number of hydrogen-bond donors (Lipinski definition) is 2. The molecular weight excluding hydrogens is 266 g/mol. The van der Waals surface area contributed by atoms with Gasteiger partial charge in [0.1, 0.15) is 12.4 Å². The molecule has 0 radical (unpaired) electrons. The predicted octanol–water partition coefficient (Wildman–Crippen LogP) is 2.05. The van der Waals surface area contributed by atoms with Crippen LogP contribution in [0.3, 0.4) is 0 Å². The van der Waals surface area contributed by atoms with Crippen LogP contribution in [0, 0.1) is 11.8 Å². The lowest BCUT2D eigenvalue weighted by molar-refractivity contribution is -0.118. The number of para-hydroxylation sites is 1. The molecule has 4 nitrogen and oxygen atoms in total. The maximum atomic E-state index is 11.8. The number of aliphatic hydroxyl groups is 1. The quantitative estimate of drug-likeness (QED) is 0.843. The van der Waals surface area contributed by atoms with Gasteiger partial charge in [-0.3, -0.25) is 4.79 Å². The number of carbonyl (C=O) groups is 1. The molecule has 1 amide bonds. The largest absolute Gasteiger partial charge is 0.484 e. The molecule has 2 aromatic rings. The van der Waals surface area contributed by atoms with E-state index in [1.807, 2.05) is 18.2 Å². The molecule has 0 atom stereocenters. The summed E-state index contributed by atoms with van der Waals surface area (Å²) in [5, 5.41) is 11.4. The Bertz CT molecular complexity index is 656. The molecule has 0 spiro atoms. The van der Waals surface area contributed by atoms with Gasteiger partial charge in [0.25, 0.3) is 5.91 Å². The van der Waals surface area contributed by atoms with E-state index in [4.69, 9.17) is 9.84 Å². The molecule has 2 aromatic carbocycles. The highest BCUT2D eigenvalue weighted by molar-refractivity contribution is 5.92. The van der Waals surface area contributed by atoms with Crippen molar-refractivity contribution in [2.75, 3.05) is 18.5 Å². The highest BCUT2D eigenvalue weighted by atomic mass is 16.5. The average Bonchev–Trinajstić information content (AvgIpc) is 2.52. The van der Waals surface area contributed by atoms with Gasteiger partial charge in [0.2, 0.25) is 0 Å². The Morgan fingerprint density at radius 2 is 1.95 bits per heavy atom. The third kappa shape index (κ3) is 5.01. The molecule has 0 bridgehead atoms. The minimum Gasteiger partial charge on any atom is -0.484 e. The van der Waals surface area contributed by atoms with Gasteiger partial charge in [0, 0.05) is 11.3 Å². The number of benzene rings is 2. The Kier molecular flexibility index (Phi) is 5.39. The molecule has 0 aliphatic rings. The number of amides is 1. The molecule has 0 aliphatic heterocycles. The van der Waals surface area contributed by atoms with E-state index in [-0.39, 0.29) is 19.1 Å². The summed E-state index contributed by atoms with van der Waals surface area (Å²) in [5.74, 6) is 5.75. The SMILES string of the molecule is O=C(COc1ccccc1)Nc1cccc(C#CCO)c1. The van der Waals surface area contributed by atoms with Crippen LogP contribution in [-0.4, -0.2) is 24.2 Å². The lowest BCUT2D eigenvalue weighted by atomic mass is 10.2. The Balaban J connectivity index is 1.90. The monoisotopic (exact) mass is 281 g/mol. The summed E-state index contributed by atoms with van der Waals surface area (Å²) in [5.41, 5.74) is 1.37. The minimum absolute atomic E-state index is 0.0590. The van der Waals surface area contributed by atoms with Crippen LogP contribution >= 0.6 is 0 Å². The van der Waals surface area contributed by atoms with E-state index in [1.54, 1.807) is 36.4 Å². The summed E-state index contributed by atoms with van der Waals surface area (Å²) in [4.78, 5) is 11.8. The Morgan fingerprint density at radius 1 is 1.14 bits per heavy atom. The molecule has 4 heteroatoms. The van der Waals surface area contributed by atoms with Crippen LogP contribution in [0.5, 0.6) is 5.75 Å². The van der Waals surface area contributed by atoms with Gasteiger partial charge in [-0.2, -0.15) is 0 Å². The van der Waals surface area contributed by atoms with E-state index in [9.17, 15) is 4.79 Å². The maximum Gasteiger partial charge on any atom is 0.262 e. The summed E-state index contributed by atoms with van der Waals surface area (Å²) in [6, 6.07) is 16.2. The fourth-order valence-electron chi connectivity index (χ4n) is 1.68. The zero-order valence-corrected chi connectivity index (χ0v) is 11.4. The summed E-state index contributed by atoms with van der Waals surface area (Å²) in [7, 11) is 0. The molecule has 2 rings (SSSR count). The highest BCUT2D eigenvalue weighted by Crippen LogP contribution is 2.11. The first kappa shape index (κ1) is 14.6. The smallest absolute Gasteiger partial charge is 0.262 e. The van der Waals surface area contributed by atoms with Gasteiger partial charge < -0.3 is 15.2 Å². The van der Waals surface area contributed by atoms with Crippen molar-refractivity contribution in [3.8, 4) is 17.6 Å². The maximum absolute atomic E-state index is 11.8. The van der Waals surface area contributed by atoms with Crippen molar-refractivity contribution in [3.63, 3.8) is 0 Å². The average molecular weight is 281 g/mol. The van der Waals surface area contributed by atoms with E-state index >= 15 is 0 Å². The molecule has 0 unspecified atom stereocenters. The molecule has 0 saturated heterocycles. The second-order valence-corrected chi connectivity index (χ2v) is 4.19. The van der Waals surface area contributed by atoms with Gasteiger partial charge in [-0.05, 0) is 30.3 Å². The summed E-state index contributed by atoms with van der Waals surface area (Å²) in [6.07, 6.45) is 0. The first-order valence-electron chi connectivity index (χ1n) is 6.45. The normalized spacial score (nSPS) is 9.38. The van der Waals surface area contributed by atoms with Crippen LogP contribution in [0.15, 0.2) is 54.6 Å². The number of rotatable bonds is 4. The summed E-state index contributed by atoms with van der Waals surface area (Å²) >= 11 is 0. The number of carbonyl (C=O) groups excluding carboxylic acids is 1. The molecule has 0 heterocycles. The zero-order chi connectivity index (χ0) is 14.9. The Morgan fingerprint density at radius 3 is 2.71 bits per heavy atom. The molecule has 2 N–H and O–H groups in total. The van der Waals surface area contributed by atoms with Crippen LogP contribution in [0.4, 0.5) is 5.69 Å². The van der Waals surface area contributed by atoms with Crippen molar-refractivity contribution < 1.29 is 14.6 Å². The van der Waals surface area contributed by atoms with Gasteiger partial charge in [-0.15, -0.1) is 0 Å². The van der Waals surface area contributed by atoms with Gasteiger partial charge in [0.15, 0.2) is 6.61 Å². The number of ether oxygens (including phenoxy) is 1.